The Morgan fingerprint density at radius 1 is 1.32 bits per heavy atom. The molecule has 0 aromatic heterocycles. The molecule has 1 unspecified atom stereocenters. The van der Waals surface area contributed by atoms with Gasteiger partial charge in [0.1, 0.15) is 0 Å². The first-order valence-corrected chi connectivity index (χ1v) is 7.21. The summed E-state index contributed by atoms with van der Waals surface area (Å²) in [6, 6.07) is 2.30. The number of rotatable bonds is 5. The predicted octanol–water partition coefficient (Wildman–Crippen LogP) is 1.65. The highest BCUT2D eigenvalue weighted by atomic mass is 32.2. The van der Waals surface area contributed by atoms with Gasteiger partial charge in [0.2, 0.25) is 10.0 Å². The SMILES string of the molecule is CC(C)C(C)(O)CNS(=O)(=O)c1ccc(F)c(F)c1. The van der Waals surface area contributed by atoms with Crippen LogP contribution >= 0.6 is 0 Å². The van der Waals surface area contributed by atoms with Crippen LogP contribution in [-0.4, -0.2) is 25.7 Å². The molecule has 7 heteroatoms. The Bertz CT molecular complexity index is 556. The monoisotopic (exact) mass is 293 g/mol. The van der Waals surface area contributed by atoms with Gasteiger partial charge in [-0.15, -0.1) is 0 Å². The number of aliphatic hydroxyl groups is 1. The third-order valence-corrected chi connectivity index (χ3v) is 4.46. The fourth-order valence-corrected chi connectivity index (χ4v) is 2.33. The minimum atomic E-state index is -3.98. The molecule has 2 N–H and O–H groups in total. The van der Waals surface area contributed by atoms with E-state index >= 15 is 0 Å². The number of hydrogen-bond donors (Lipinski definition) is 2. The van der Waals surface area contributed by atoms with E-state index in [0.29, 0.717) is 6.07 Å². The van der Waals surface area contributed by atoms with Crippen molar-refractivity contribution in [2.45, 2.75) is 31.3 Å². The highest BCUT2D eigenvalue weighted by Crippen LogP contribution is 2.17. The zero-order chi connectivity index (χ0) is 14.8. The molecular formula is C12H17F2NO3S. The van der Waals surface area contributed by atoms with E-state index in [-0.39, 0.29) is 17.4 Å². The molecular weight excluding hydrogens is 276 g/mol. The van der Waals surface area contributed by atoms with E-state index < -0.39 is 27.3 Å². The second-order valence-corrected chi connectivity index (χ2v) is 6.68. The van der Waals surface area contributed by atoms with E-state index in [9.17, 15) is 22.3 Å². The van der Waals surface area contributed by atoms with Crippen LogP contribution in [0, 0.1) is 17.6 Å². The van der Waals surface area contributed by atoms with E-state index in [1.54, 1.807) is 13.8 Å². The van der Waals surface area contributed by atoms with Crippen molar-refractivity contribution >= 4 is 10.0 Å². The number of halogens is 2. The van der Waals surface area contributed by atoms with Crippen molar-refractivity contribution in [3.05, 3.63) is 29.8 Å². The van der Waals surface area contributed by atoms with E-state index in [4.69, 9.17) is 0 Å². The Morgan fingerprint density at radius 2 is 1.89 bits per heavy atom. The lowest BCUT2D eigenvalue weighted by molar-refractivity contribution is 0.0190. The van der Waals surface area contributed by atoms with Gasteiger partial charge >= 0.3 is 0 Å². The highest BCUT2D eigenvalue weighted by molar-refractivity contribution is 7.89. The van der Waals surface area contributed by atoms with Gasteiger partial charge in [0, 0.05) is 6.54 Å². The van der Waals surface area contributed by atoms with E-state index in [0.717, 1.165) is 12.1 Å². The molecule has 0 bridgehead atoms. The molecule has 1 atom stereocenters. The molecule has 0 saturated heterocycles. The highest BCUT2D eigenvalue weighted by Gasteiger charge is 2.27. The molecule has 0 aliphatic carbocycles. The van der Waals surface area contributed by atoms with Gasteiger partial charge in [-0.05, 0) is 31.0 Å². The predicted molar refractivity (Wildman–Crippen MR) is 67.0 cm³/mol. The second kappa shape index (κ2) is 5.52. The molecule has 0 amide bonds. The molecule has 0 aliphatic rings. The smallest absolute Gasteiger partial charge is 0.240 e. The van der Waals surface area contributed by atoms with Crippen LogP contribution in [0.3, 0.4) is 0 Å². The fourth-order valence-electron chi connectivity index (χ4n) is 1.17. The number of nitrogens with one attached hydrogen (secondary N) is 1. The van der Waals surface area contributed by atoms with Crippen molar-refractivity contribution < 1.29 is 22.3 Å². The Kier molecular flexibility index (Phi) is 4.65. The summed E-state index contributed by atoms with van der Waals surface area (Å²) in [7, 11) is -3.98. The maximum absolute atomic E-state index is 13.0. The molecule has 1 aromatic carbocycles. The Hall–Kier alpha value is -1.05. The molecule has 0 saturated carbocycles. The molecule has 0 spiro atoms. The Labute approximate surface area is 111 Å². The van der Waals surface area contributed by atoms with Crippen LogP contribution in [0.15, 0.2) is 23.1 Å². The Balaban J connectivity index is 2.90. The van der Waals surface area contributed by atoms with Crippen LogP contribution in [0.2, 0.25) is 0 Å². The standard InChI is InChI=1S/C12H17F2NO3S/c1-8(2)12(3,16)7-15-19(17,18)9-4-5-10(13)11(14)6-9/h4-6,8,15-16H,7H2,1-3H3. The molecule has 0 heterocycles. The van der Waals surface area contributed by atoms with E-state index in [1.807, 2.05) is 0 Å². The first-order chi connectivity index (χ1) is 8.56. The van der Waals surface area contributed by atoms with Gasteiger partial charge in [-0.25, -0.2) is 21.9 Å². The lowest BCUT2D eigenvalue weighted by Crippen LogP contribution is -2.44. The molecule has 4 nitrogen and oxygen atoms in total. The number of benzene rings is 1. The summed E-state index contributed by atoms with van der Waals surface area (Å²) in [5.74, 6) is -2.52. The van der Waals surface area contributed by atoms with Crippen LogP contribution in [0.5, 0.6) is 0 Å². The van der Waals surface area contributed by atoms with Crippen LogP contribution in [-0.2, 0) is 10.0 Å². The number of hydrogen-bond acceptors (Lipinski definition) is 3. The third-order valence-electron chi connectivity index (χ3n) is 3.07. The van der Waals surface area contributed by atoms with E-state index in [1.165, 1.54) is 6.92 Å². The minimum absolute atomic E-state index is 0.167. The van der Waals surface area contributed by atoms with Crippen molar-refractivity contribution in [1.82, 2.24) is 4.72 Å². The van der Waals surface area contributed by atoms with E-state index in [2.05, 4.69) is 4.72 Å². The first-order valence-electron chi connectivity index (χ1n) is 5.73. The largest absolute Gasteiger partial charge is 0.389 e. The number of sulfonamides is 1. The average molecular weight is 293 g/mol. The van der Waals surface area contributed by atoms with Crippen LogP contribution in [0.1, 0.15) is 20.8 Å². The second-order valence-electron chi connectivity index (χ2n) is 4.91. The lowest BCUT2D eigenvalue weighted by atomic mass is 9.93. The normalized spacial score (nSPS) is 15.5. The van der Waals surface area contributed by atoms with Crippen LogP contribution in [0.4, 0.5) is 8.78 Å². The summed E-state index contributed by atoms with van der Waals surface area (Å²) < 4.78 is 51.6. The van der Waals surface area contributed by atoms with Crippen molar-refractivity contribution in [3.63, 3.8) is 0 Å². The average Bonchev–Trinajstić information content (AvgIpc) is 2.30. The molecule has 1 aromatic rings. The third kappa shape index (κ3) is 3.95. The Morgan fingerprint density at radius 3 is 2.37 bits per heavy atom. The molecule has 0 fully saturated rings. The van der Waals surface area contributed by atoms with Gasteiger partial charge in [0.05, 0.1) is 10.5 Å². The summed E-state index contributed by atoms with van der Waals surface area (Å²) in [6.45, 7) is 4.76. The maximum atomic E-state index is 13.0. The van der Waals surface area contributed by atoms with Crippen LogP contribution < -0.4 is 4.72 Å². The zero-order valence-electron chi connectivity index (χ0n) is 10.9. The van der Waals surface area contributed by atoms with Gasteiger partial charge in [-0.1, -0.05) is 13.8 Å². The summed E-state index contributed by atoms with van der Waals surface area (Å²) in [5, 5.41) is 9.94. The van der Waals surface area contributed by atoms with Gasteiger partial charge in [-0.3, -0.25) is 0 Å². The van der Waals surface area contributed by atoms with Crippen molar-refractivity contribution in [2.24, 2.45) is 5.92 Å². The van der Waals surface area contributed by atoms with Gasteiger partial charge in [-0.2, -0.15) is 0 Å². The molecule has 0 aliphatic heterocycles. The summed E-state index contributed by atoms with van der Waals surface area (Å²) in [4.78, 5) is -0.383. The molecule has 0 radical (unpaired) electrons. The summed E-state index contributed by atoms with van der Waals surface area (Å²) in [6.07, 6.45) is 0. The summed E-state index contributed by atoms with van der Waals surface area (Å²) >= 11 is 0. The molecule has 19 heavy (non-hydrogen) atoms. The van der Waals surface area contributed by atoms with Crippen LogP contribution in [0.25, 0.3) is 0 Å². The quantitative estimate of drug-likeness (QED) is 0.867. The lowest BCUT2D eigenvalue weighted by Gasteiger charge is -2.27. The van der Waals surface area contributed by atoms with Gasteiger partial charge in [0.25, 0.3) is 0 Å². The minimum Gasteiger partial charge on any atom is -0.389 e. The van der Waals surface area contributed by atoms with Crippen molar-refractivity contribution in [1.29, 1.82) is 0 Å². The van der Waals surface area contributed by atoms with Gasteiger partial charge in [0.15, 0.2) is 11.6 Å². The van der Waals surface area contributed by atoms with Crippen molar-refractivity contribution in [2.75, 3.05) is 6.54 Å². The van der Waals surface area contributed by atoms with Gasteiger partial charge < -0.3 is 5.11 Å². The topological polar surface area (TPSA) is 66.4 Å². The maximum Gasteiger partial charge on any atom is 0.240 e. The first kappa shape index (κ1) is 16.0. The molecule has 108 valence electrons. The zero-order valence-corrected chi connectivity index (χ0v) is 11.8. The van der Waals surface area contributed by atoms with Crippen molar-refractivity contribution in [3.8, 4) is 0 Å². The molecule has 1 rings (SSSR count). The summed E-state index contributed by atoms with van der Waals surface area (Å²) in [5.41, 5.74) is -1.23. The fraction of sp³-hybridized carbons (Fsp3) is 0.500.